The van der Waals surface area contributed by atoms with E-state index >= 15 is 0 Å². The van der Waals surface area contributed by atoms with E-state index in [-0.39, 0.29) is 5.41 Å². The van der Waals surface area contributed by atoms with Crippen LogP contribution in [0, 0.1) is 5.41 Å². The summed E-state index contributed by atoms with van der Waals surface area (Å²) in [5.74, 6) is 0. The van der Waals surface area contributed by atoms with Crippen molar-refractivity contribution in [2.24, 2.45) is 11.1 Å². The lowest BCUT2D eigenvalue weighted by Gasteiger charge is -2.15. The molecule has 1 aliphatic rings. The Balaban J connectivity index is 2.30. The molecular formula is C11H19N3S. The summed E-state index contributed by atoms with van der Waals surface area (Å²) in [7, 11) is 4.05. The molecule has 1 aliphatic carbocycles. The Bertz CT molecular complexity index is 370. The second-order valence-corrected chi connectivity index (χ2v) is 6.26. The predicted octanol–water partition coefficient (Wildman–Crippen LogP) is 1.84. The summed E-state index contributed by atoms with van der Waals surface area (Å²) in [4.78, 5) is 7.82. The lowest BCUT2D eigenvalue weighted by Crippen LogP contribution is -2.24. The fourth-order valence-corrected chi connectivity index (χ4v) is 3.49. The zero-order valence-corrected chi connectivity index (χ0v) is 10.7. The smallest absolute Gasteiger partial charge is 0.184 e. The highest BCUT2D eigenvalue weighted by atomic mass is 32.1. The van der Waals surface area contributed by atoms with Crippen LogP contribution in [0.4, 0.5) is 5.13 Å². The SMILES string of the molecule is CN(C)c1ncc(C2(CN)CC2(C)C)s1. The molecule has 1 atom stereocenters. The molecule has 0 bridgehead atoms. The highest BCUT2D eigenvalue weighted by Gasteiger charge is 2.62. The standard InChI is InChI=1S/C11H19N3S/c1-10(2)6-11(10,7-12)8-5-13-9(15-8)14(3)4/h5H,6-7,12H2,1-4H3. The maximum Gasteiger partial charge on any atom is 0.184 e. The Morgan fingerprint density at radius 3 is 2.47 bits per heavy atom. The predicted molar refractivity (Wildman–Crippen MR) is 65.6 cm³/mol. The van der Waals surface area contributed by atoms with E-state index in [0.717, 1.165) is 11.7 Å². The van der Waals surface area contributed by atoms with Crippen molar-refractivity contribution in [3.63, 3.8) is 0 Å². The average molecular weight is 225 g/mol. The summed E-state index contributed by atoms with van der Waals surface area (Å²) < 4.78 is 0. The molecule has 3 nitrogen and oxygen atoms in total. The highest BCUT2D eigenvalue weighted by Crippen LogP contribution is 2.64. The third-order valence-corrected chi connectivity index (χ3v) is 4.98. The molecule has 2 N–H and O–H groups in total. The molecule has 15 heavy (non-hydrogen) atoms. The first kappa shape index (κ1) is 10.9. The molecule has 4 heteroatoms. The van der Waals surface area contributed by atoms with E-state index < -0.39 is 0 Å². The Labute approximate surface area is 95.3 Å². The summed E-state index contributed by atoms with van der Waals surface area (Å²) in [6.07, 6.45) is 3.19. The first-order valence-corrected chi connectivity index (χ1v) is 6.08. The number of aromatic nitrogens is 1. The minimum absolute atomic E-state index is 0.193. The van der Waals surface area contributed by atoms with Crippen molar-refractivity contribution in [1.82, 2.24) is 4.98 Å². The quantitative estimate of drug-likeness (QED) is 0.853. The van der Waals surface area contributed by atoms with Crippen LogP contribution in [0.2, 0.25) is 0 Å². The normalized spacial score (nSPS) is 27.8. The number of nitrogens with zero attached hydrogens (tertiary/aromatic N) is 2. The summed E-state index contributed by atoms with van der Waals surface area (Å²) in [6, 6.07) is 0. The van der Waals surface area contributed by atoms with Gasteiger partial charge in [-0.15, -0.1) is 11.3 Å². The van der Waals surface area contributed by atoms with Gasteiger partial charge in [0.1, 0.15) is 0 Å². The number of hydrogen-bond acceptors (Lipinski definition) is 4. The maximum atomic E-state index is 5.93. The fourth-order valence-electron chi connectivity index (χ4n) is 2.27. The van der Waals surface area contributed by atoms with Gasteiger partial charge < -0.3 is 10.6 Å². The first-order valence-electron chi connectivity index (χ1n) is 5.27. The Morgan fingerprint density at radius 2 is 2.13 bits per heavy atom. The number of rotatable bonds is 3. The lowest BCUT2D eigenvalue weighted by molar-refractivity contribution is 0.509. The maximum absolute atomic E-state index is 5.93. The minimum Gasteiger partial charge on any atom is -0.354 e. The molecule has 0 aliphatic heterocycles. The van der Waals surface area contributed by atoms with Gasteiger partial charge in [0, 0.05) is 37.1 Å². The van der Waals surface area contributed by atoms with Crippen molar-refractivity contribution in [1.29, 1.82) is 0 Å². The summed E-state index contributed by atoms with van der Waals surface area (Å²) >= 11 is 1.77. The average Bonchev–Trinajstić information content (AvgIpc) is 2.59. The van der Waals surface area contributed by atoms with Crippen LogP contribution in [-0.2, 0) is 5.41 Å². The van der Waals surface area contributed by atoms with Crippen molar-refractivity contribution < 1.29 is 0 Å². The molecule has 0 amide bonds. The molecular weight excluding hydrogens is 206 g/mol. The zero-order valence-electron chi connectivity index (χ0n) is 9.87. The molecule has 0 spiro atoms. The number of nitrogens with two attached hydrogens (primary N) is 1. The fraction of sp³-hybridized carbons (Fsp3) is 0.727. The van der Waals surface area contributed by atoms with Gasteiger partial charge in [0.15, 0.2) is 5.13 Å². The molecule has 2 rings (SSSR count). The van der Waals surface area contributed by atoms with Crippen LogP contribution in [0.1, 0.15) is 25.1 Å². The van der Waals surface area contributed by atoms with Crippen LogP contribution in [0.15, 0.2) is 6.20 Å². The second kappa shape index (κ2) is 3.19. The van der Waals surface area contributed by atoms with E-state index in [4.69, 9.17) is 5.73 Å². The number of thiazole rings is 1. The third kappa shape index (κ3) is 1.47. The van der Waals surface area contributed by atoms with Crippen molar-refractivity contribution >= 4 is 16.5 Å². The second-order valence-electron chi connectivity index (χ2n) is 5.25. The summed E-state index contributed by atoms with van der Waals surface area (Å²) in [6.45, 7) is 5.30. The highest BCUT2D eigenvalue weighted by molar-refractivity contribution is 7.15. The Morgan fingerprint density at radius 1 is 1.53 bits per heavy atom. The van der Waals surface area contributed by atoms with Gasteiger partial charge in [-0.1, -0.05) is 13.8 Å². The molecule has 0 radical (unpaired) electrons. The number of hydrogen-bond donors (Lipinski definition) is 1. The molecule has 84 valence electrons. The van der Waals surface area contributed by atoms with Crippen molar-refractivity contribution in [3.05, 3.63) is 11.1 Å². The summed E-state index contributed by atoms with van der Waals surface area (Å²) in [5, 5.41) is 1.07. The minimum atomic E-state index is 0.193. The van der Waals surface area contributed by atoms with E-state index in [9.17, 15) is 0 Å². The van der Waals surface area contributed by atoms with E-state index in [0.29, 0.717) is 5.41 Å². The Hall–Kier alpha value is -0.610. The lowest BCUT2D eigenvalue weighted by atomic mass is 9.95. The van der Waals surface area contributed by atoms with E-state index in [1.165, 1.54) is 11.3 Å². The van der Waals surface area contributed by atoms with Crippen molar-refractivity contribution in [3.8, 4) is 0 Å². The topological polar surface area (TPSA) is 42.2 Å². The summed E-state index contributed by atoms with van der Waals surface area (Å²) in [5.41, 5.74) is 6.47. The molecule has 0 saturated heterocycles. The van der Waals surface area contributed by atoms with Crippen LogP contribution < -0.4 is 10.6 Å². The van der Waals surface area contributed by atoms with Crippen LogP contribution in [0.5, 0.6) is 0 Å². The number of anilines is 1. The van der Waals surface area contributed by atoms with Gasteiger partial charge in [-0.2, -0.15) is 0 Å². The van der Waals surface area contributed by atoms with E-state index in [1.807, 2.05) is 25.2 Å². The van der Waals surface area contributed by atoms with Gasteiger partial charge in [0.25, 0.3) is 0 Å². The van der Waals surface area contributed by atoms with Crippen LogP contribution in [0.25, 0.3) is 0 Å². The molecule has 1 unspecified atom stereocenters. The Kier molecular flexibility index (Phi) is 2.32. The molecule has 1 saturated carbocycles. The molecule has 1 fully saturated rings. The van der Waals surface area contributed by atoms with Crippen molar-refractivity contribution in [2.75, 3.05) is 25.5 Å². The molecule has 1 heterocycles. The van der Waals surface area contributed by atoms with Gasteiger partial charge >= 0.3 is 0 Å². The van der Waals surface area contributed by atoms with Gasteiger partial charge in [0.2, 0.25) is 0 Å². The van der Waals surface area contributed by atoms with Crippen LogP contribution in [-0.4, -0.2) is 25.6 Å². The molecule has 1 aromatic rings. The monoisotopic (exact) mass is 225 g/mol. The first-order chi connectivity index (χ1) is 6.93. The molecule has 0 aromatic carbocycles. The largest absolute Gasteiger partial charge is 0.354 e. The van der Waals surface area contributed by atoms with E-state index in [1.54, 1.807) is 11.3 Å². The molecule has 1 aromatic heterocycles. The van der Waals surface area contributed by atoms with Gasteiger partial charge in [-0.05, 0) is 11.8 Å². The van der Waals surface area contributed by atoms with Gasteiger partial charge in [-0.3, -0.25) is 0 Å². The van der Waals surface area contributed by atoms with E-state index in [2.05, 4.69) is 18.8 Å². The zero-order chi connectivity index (χ0) is 11.3. The van der Waals surface area contributed by atoms with Crippen LogP contribution in [0.3, 0.4) is 0 Å². The third-order valence-electron chi connectivity index (χ3n) is 3.61. The van der Waals surface area contributed by atoms with Crippen molar-refractivity contribution in [2.45, 2.75) is 25.7 Å². The van der Waals surface area contributed by atoms with Gasteiger partial charge in [0.05, 0.1) is 0 Å². The van der Waals surface area contributed by atoms with Crippen LogP contribution >= 0.6 is 11.3 Å². The van der Waals surface area contributed by atoms with Gasteiger partial charge in [-0.25, -0.2) is 4.98 Å².